The van der Waals surface area contributed by atoms with E-state index in [0.717, 1.165) is 22.0 Å². The predicted molar refractivity (Wildman–Crippen MR) is 91.6 cm³/mol. The zero-order valence-electron chi connectivity index (χ0n) is 13.9. The maximum absolute atomic E-state index is 14.2. The van der Waals surface area contributed by atoms with Gasteiger partial charge in [-0.3, -0.25) is 9.63 Å². The van der Waals surface area contributed by atoms with E-state index in [1.165, 1.54) is 26.3 Å². The molecule has 1 heterocycles. The third-order valence-electron chi connectivity index (χ3n) is 3.77. The molecule has 5 nitrogen and oxygen atoms in total. The summed E-state index contributed by atoms with van der Waals surface area (Å²) < 4.78 is 19.7. The highest BCUT2D eigenvalue weighted by molar-refractivity contribution is 5.93. The Morgan fingerprint density at radius 2 is 1.96 bits per heavy atom. The number of carbonyl (C=O) groups is 1. The molecule has 0 saturated heterocycles. The van der Waals surface area contributed by atoms with Crippen LogP contribution < -0.4 is 4.74 Å². The second-order valence-electron chi connectivity index (χ2n) is 5.41. The van der Waals surface area contributed by atoms with Crippen LogP contribution in [0.5, 0.6) is 5.75 Å². The van der Waals surface area contributed by atoms with Crippen LogP contribution in [0.3, 0.4) is 0 Å². The molecule has 0 aliphatic rings. The van der Waals surface area contributed by atoms with Crippen molar-refractivity contribution in [3.8, 4) is 5.75 Å². The molecule has 0 aliphatic carbocycles. The number of carbonyl (C=O) groups excluding carboxylic acids is 1. The molecule has 0 bridgehead atoms. The zero-order chi connectivity index (χ0) is 17.8. The highest BCUT2D eigenvalue weighted by Crippen LogP contribution is 2.21. The van der Waals surface area contributed by atoms with Crippen LogP contribution in [-0.4, -0.2) is 30.1 Å². The van der Waals surface area contributed by atoms with Gasteiger partial charge in [-0.25, -0.2) is 14.4 Å². The number of para-hydroxylation sites is 1. The lowest BCUT2D eigenvalue weighted by Gasteiger charge is -2.14. The monoisotopic (exact) mass is 340 g/mol. The smallest absolute Gasteiger partial charge is 0.277 e. The Hall–Kier alpha value is -2.99. The van der Waals surface area contributed by atoms with E-state index in [4.69, 9.17) is 9.57 Å². The molecule has 2 aromatic carbocycles. The normalized spacial score (nSPS) is 10.7. The largest absolute Gasteiger partial charge is 0.484 e. The number of hydrogen-bond donors (Lipinski definition) is 0. The predicted octanol–water partition coefficient (Wildman–Crippen LogP) is 3.59. The molecule has 0 unspecified atom stereocenters. The van der Waals surface area contributed by atoms with Gasteiger partial charge in [-0.15, -0.1) is 0 Å². The van der Waals surface area contributed by atoms with Gasteiger partial charge >= 0.3 is 0 Å². The molecule has 1 aromatic heterocycles. The van der Waals surface area contributed by atoms with Gasteiger partial charge in [0.2, 0.25) is 0 Å². The summed E-state index contributed by atoms with van der Waals surface area (Å²) in [5.74, 6) is -0.994. The second-order valence-corrected chi connectivity index (χ2v) is 5.41. The molecule has 3 rings (SSSR count). The minimum absolute atomic E-state index is 0.0616. The van der Waals surface area contributed by atoms with Crippen LogP contribution in [0.15, 0.2) is 54.6 Å². The van der Waals surface area contributed by atoms with Gasteiger partial charge in [-0.2, -0.15) is 0 Å². The number of amides is 1. The molecule has 0 N–H and O–H groups in total. The quantitative estimate of drug-likeness (QED) is 0.666. The second kappa shape index (κ2) is 7.27. The van der Waals surface area contributed by atoms with Crippen LogP contribution in [0.2, 0.25) is 0 Å². The highest BCUT2D eigenvalue weighted by atomic mass is 19.1. The lowest BCUT2D eigenvalue weighted by Crippen LogP contribution is -2.25. The highest BCUT2D eigenvalue weighted by Gasteiger charge is 2.14. The molecule has 1 amide bonds. The Labute approximate surface area is 144 Å². The Kier molecular flexibility index (Phi) is 4.90. The molecule has 0 saturated carbocycles. The minimum atomic E-state index is -0.615. The van der Waals surface area contributed by atoms with E-state index in [1.54, 1.807) is 0 Å². The van der Waals surface area contributed by atoms with Gasteiger partial charge in [-0.05, 0) is 30.3 Å². The van der Waals surface area contributed by atoms with Gasteiger partial charge in [0.05, 0.1) is 18.3 Å². The Balaban J connectivity index is 1.73. The number of ether oxygens (including phenoxy) is 1. The maximum atomic E-state index is 14.2. The van der Waals surface area contributed by atoms with E-state index >= 15 is 0 Å². The van der Waals surface area contributed by atoms with Gasteiger partial charge in [0.25, 0.3) is 5.91 Å². The number of hydrogen-bond acceptors (Lipinski definition) is 4. The molecular weight excluding hydrogens is 323 g/mol. The van der Waals surface area contributed by atoms with Gasteiger partial charge in [0.1, 0.15) is 6.61 Å². The Morgan fingerprint density at radius 3 is 2.72 bits per heavy atom. The van der Waals surface area contributed by atoms with Crippen molar-refractivity contribution in [2.24, 2.45) is 0 Å². The molecule has 0 spiro atoms. The number of nitrogens with zero attached hydrogens (tertiary/aromatic N) is 2. The molecule has 3 aromatic rings. The van der Waals surface area contributed by atoms with Crippen molar-refractivity contribution < 1.29 is 18.8 Å². The summed E-state index contributed by atoms with van der Waals surface area (Å²) >= 11 is 0. The molecule has 0 atom stereocenters. The number of pyridine rings is 1. The fraction of sp³-hybridized carbons (Fsp3) is 0.158. The van der Waals surface area contributed by atoms with Crippen LogP contribution in [0.25, 0.3) is 10.9 Å². The first-order valence-electron chi connectivity index (χ1n) is 7.67. The van der Waals surface area contributed by atoms with E-state index in [1.807, 2.05) is 36.4 Å². The summed E-state index contributed by atoms with van der Waals surface area (Å²) in [5, 5.41) is 2.05. The van der Waals surface area contributed by atoms with Crippen LogP contribution >= 0.6 is 0 Å². The number of halogens is 1. The van der Waals surface area contributed by atoms with Crippen molar-refractivity contribution in [3.63, 3.8) is 0 Å². The third kappa shape index (κ3) is 3.75. The Bertz CT molecular complexity index is 914. The third-order valence-corrected chi connectivity index (χ3v) is 3.77. The number of aromatic nitrogens is 1. The molecule has 128 valence electrons. The molecule has 0 radical (unpaired) electrons. The average molecular weight is 340 g/mol. The lowest BCUT2D eigenvalue weighted by molar-refractivity contribution is -0.0757. The molecular formula is C19H17FN2O3. The SMILES string of the molecule is CON(C)C(=O)c1ccc(OCc2ccc3ccccc3n2)c(F)c1. The maximum Gasteiger partial charge on any atom is 0.277 e. The summed E-state index contributed by atoms with van der Waals surface area (Å²) in [6.07, 6.45) is 0. The van der Waals surface area contributed by atoms with Gasteiger partial charge < -0.3 is 4.74 Å². The van der Waals surface area contributed by atoms with Crippen molar-refractivity contribution in [3.05, 3.63) is 71.7 Å². The van der Waals surface area contributed by atoms with Gasteiger partial charge in [-0.1, -0.05) is 24.3 Å². The summed E-state index contributed by atoms with van der Waals surface area (Å²) in [5.41, 5.74) is 1.73. The van der Waals surface area contributed by atoms with Crippen molar-refractivity contribution >= 4 is 16.8 Å². The van der Waals surface area contributed by atoms with Gasteiger partial charge in [0.15, 0.2) is 11.6 Å². The fourth-order valence-electron chi connectivity index (χ4n) is 2.36. The summed E-state index contributed by atoms with van der Waals surface area (Å²) in [6.45, 7) is 0.132. The number of hydroxylamine groups is 2. The minimum Gasteiger partial charge on any atom is -0.484 e. The molecule has 0 fully saturated rings. The first-order valence-corrected chi connectivity index (χ1v) is 7.67. The topological polar surface area (TPSA) is 51.7 Å². The van der Waals surface area contributed by atoms with Gasteiger partial charge in [0, 0.05) is 18.0 Å². The van der Waals surface area contributed by atoms with Crippen molar-refractivity contribution in [1.29, 1.82) is 0 Å². The van der Waals surface area contributed by atoms with E-state index in [0.29, 0.717) is 5.69 Å². The molecule has 6 heteroatoms. The van der Waals surface area contributed by atoms with Crippen molar-refractivity contribution in [2.45, 2.75) is 6.61 Å². The number of fused-ring (bicyclic) bond motifs is 1. The van der Waals surface area contributed by atoms with Crippen LogP contribution in [-0.2, 0) is 11.4 Å². The Morgan fingerprint density at radius 1 is 1.16 bits per heavy atom. The van der Waals surface area contributed by atoms with Crippen molar-refractivity contribution in [1.82, 2.24) is 10.0 Å². The van der Waals surface area contributed by atoms with E-state index in [2.05, 4.69) is 4.98 Å². The zero-order valence-corrected chi connectivity index (χ0v) is 13.9. The standard InChI is InChI=1S/C19H17FN2O3/c1-22(24-2)19(23)14-8-10-18(16(20)11-14)25-12-15-9-7-13-5-3-4-6-17(13)21-15/h3-11H,12H2,1-2H3. The first-order chi connectivity index (χ1) is 12.1. The van der Waals surface area contributed by atoms with Crippen LogP contribution in [0.4, 0.5) is 4.39 Å². The summed E-state index contributed by atoms with van der Waals surface area (Å²) in [4.78, 5) is 21.2. The fourth-order valence-corrected chi connectivity index (χ4v) is 2.36. The number of benzene rings is 2. The average Bonchev–Trinajstić information content (AvgIpc) is 2.65. The number of rotatable bonds is 5. The summed E-state index contributed by atoms with van der Waals surface area (Å²) in [7, 11) is 2.82. The van der Waals surface area contributed by atoms with E-state index in [9.17, 15) is 9.18 Å². The van der Waals surface area contributed by atoms with E-state index in [-0.39, 0.29) is 17.9 Å². The van der Waals surface area contributed by atoms with E-state index < -0.39 is 11.7 Å². The lowest BCUT2D eigenvalue weighted by atomic mass is 10.2. The molecule has 25 heavy (non-hydrogen) atoms. The van der Waals surface area contributed by atoms with Crippen molar-refractivity contribution in [2.75, 3.05) is 14.2 Å². The summed E-state index contributed by atoms with van der Waals surface area (Å²) in [6, 6.07) is 15.6. The van der Waals surface area contributed by atoms with Crippen LogP contribution in [0.1, 0.15) is 16.1 Å². The van der Waals surface area contributed by atoms with Crippen LogP contribution in [0, 0.1) is 5.82 Å². The molecule has 0 aliphatic heterocycles. The first kappa shape index (κ1) is 16.9.